The van der Waals surface area contributed by atoms with E-state index in [4.69, 9.17) is 0 Å². The molecule has 1 heterocycles. The summed E-state index contributed by atoms with van der Waals surface area (Å²) >= 11 is 0. The summed E-state index contributed by atoms with van der Waals surface area (Å²) in [6.45, 7) is 3.21. The summed E-state index contributed by atoms with van der Waals surface area (Å²) in [7, 11) is 0. The van der Waals surface area contributed by atoms with Crippen molar-refractivity contribution in [1.29, 1.82) is 0 Å². The first-order chi connectivity index (χ1) is 8.66. The lowest BCUT2D eigenvalue weighted by Crippen LogP contribution is -2.40. The van der Waals surface area contributed by atoms with Crippen LogP contribution in [0.1, 0.15) is 51.9 Å². The van der Waals surface area contributed by atoms with Gasteiger partial charge < -0.3 is 15.5 Å². The van der Waals surface area contributed by atoms with Crippen molar-refractivity contribution in [1.82, 2.24) is 5.32 Å². The second-order valence-corrected chi connectivity index (χ2v) is 5.97. The van der Waals surface area contributed by atoms with Crippen molar-refractivity contribution in [2.45, 2.75) is 69.6 Å². The topological polar surface area (TPSA) is 52.5 Å². The van der Waals surface area contributed by atoms with E-state index in [1.807, 2.05) is 6.08 Å². The molecule has 2 aliphatic rings. The second kappa shape index (κ2) is 6.18. The fourth-order valence-electron chi connectivity index (χ4n) is 3.50. The molecule has 3 N–H and O–H groups in total. The van der Waals surface area contributed by atoms with Gasteiger partial charge in [-0.3, -0.25) is 0 Å². The molecular weight excluding hydrogens is 226 g/mol. The van der Waals surface area contributed by atoms with Gasteiger partial charge in [0.1, 0.15) is 0 Å². The third kappa shape index (κ3) is 3.14. The van der Waals surface area contributed by atoms with Crippen molar-refractivity contribution in [3.05, 3.63) is 12.2 Å². The Balaban J connectivity index is 1.87. The van der Waals surface area contributed by atoms with E-state index in [9.17, 15) is 10.2 Å². The Morgan fingerprint density at radius 3 is 3.06 bits per heavy atom. The molecule has 3 unspecified atom stereocenters. The van der Waals surface area contributed by atoms with E-state index in [1.54, 1.807) is 0 Å². The fraction of sp³-hybridized carbons (Fsp3) is 0.867. The Morgan fingerprint density at radius 2 is 2.28 bits per heavy atom. The maximum Gasteiger partial charge on any atom is 0.0721 e. The van der Waals surface area contributed by atoms with Gasteiger partial charge in [-0.1, -0.05) is 38.3 Å². The number of hydrogen-bond donors (Lipinski definition) is 3. The van der Waals surface area contributed by atoms with E-state index in [2.05, 4.69) is 18.3 Å². The summed E-state index contributed by atoms with van der Waals surface area (Å²) in [5, 5.41) is 23.3. The van der Waals surface area contributed by atoms with Crippen molar-refractivity contribution in [3.8, 4) is 0 Å². The summed E-state index contributed by atoms with van der Waals surface area (Å²) in [5.74, 6) is 0.548. The molecule has 0 aromatic carbocycles. The Kier molecular flexibility index (Phi) is 4.82. The molecule has 104 valence electrons. The molecule has 3 heteroatoms. The fourth-order valence-corrected chi connectivity index (χ4v) is 3.50. The van der Waals surface area contributed by atoms with E-state index in [0.717, 1.165) is 38.6 Å². The predicted molar refractivity (Wildman–Crippen MR) is 73.4 cm³/mol. The standard InChI is InChI=1S/C15H27NO2/c1-2-3-4-5-13(17)6-8-15-11-14(18)10-12(15)7-9-16-15/h6,8,12-14,16-18H,2-5,7,9-11H2,1H3/b8-6+/t12?,13-,14?,15?/m0/s1. The summed E-state index contributed by atoms with van der Waals surface area (Å²) < 4.78 is 0. The lowest BCUT2D eigenvalue weighted by molar-refractivity contribution is 0.170. The maximum atomic E-state index is 9.94. The summed E-state index contributed by atoms with van der Waals surface area (Å²) in [5.41, 5.74) is -0.0366. The minimum Gasteiger partial charge on any atom is -0.393 e. The van der Waals surface area contributed by atoms with Gasteiger partial charge in [-0.25, -0.2) is 0 Å². The van der Waals surface area contributed by atoms with E-state index < -0.39 is 0 Å². The molecule has 18 heavy (non-hydrogen) atoms. The predicted octanol–water partition coefficient (Wildman–Crippen LogP) is 1.99. The van der Waals surface area contributed by atoms with E-state index in [0.29, 0.717) is 5.92 Å². The van der Waals surface area contributed by atoms with E-state index in [1.165, 1.54) is 12.8 Å². The smallest absolute Gasteiger partial charge is 0.0721 e. The van der Waals surface area contributed by atoms with Gasteiger partial charge >= 0.3 is 0 Å². The van der Waals surface area contributed by atoms with Crippen LogP contribution in [0, 0.1) is 5.92 Å². The summed E-state index contributed by atoms with van der Waals surface area (Å²) in [6, 6.07) is 0. The van der Waals surface area contributed by atoms with Gasteiger partial charge in [-0.15, -0.1) is 0 Å². The van der Waals surface area contributed by atoms with E-state index >= 15 is 0 Å². The number of fused-ring (bicyclic) bond motifs is 1. The van der Waals surface area contributed by atoms with Gasteiger partial charge in [0.2, 0.25) is 0 Å². The first-order valence-electron chi connectivity index (χ1n) is 7.47. The molecule has 1 saturated carbocycles. The molecule has 4 atom stereocenters. The van der Waals surface area contributed by atoms with Gasteiger partial charge in [0.05, 0.1) is 12.2 Å². The highest BCUT2D eigenvalue weighted by molar-refractivity contribution is 5.18. The maximum absolute atomic E-state index is 9.94. The third-order valence-corrected chi connectivity index (χ3v) is 4.52. The number of aliphatic hydroxyl groups is 2. The van der Waals surface area contributed by atoms with Crippen LogP contribution < -0.4 is 5.32 Å². The highest BCUT2D eigenvalue weighted by atomic mass is 16.3. The largest absolute Gasteiger partial charge is 0.393 e. The van der Waals surface area contributed by atoms with Crippen molar-refractivity contribution < 1.29 is 10.2 Å². The molecule has 2 fully saturated rings. The van der Waals surface area contributed by atoms with Gasteiger partial charge in [0.25, 0.3) is 0 Å². The molecule has 3 nitrogen and oxygen atoms in total. The number of unbranched alkanes of at least 4 members (excludes halogenated alkanes) is 2. The van der Waals surface area contributed by atoms with Crippen LogP contribution in [0.4, 0.5) is 0 Å². The first-order valence-corrected chi connectivity index (χ1v) is 7.47. The third-order valence-electron chi connectivity index (χ3n) is 4.52. The van der Waals surface area contributed by atoms with E-state index in [-0.39, 0.29) is 17.7 Å². The van der Waals surface area contributed by atoms with Crippen LogP contribution in [0.15, 0.2) is 12.2 Å². The summed E-state index contributed by atoms with van der Waals surface area (Å²) in [6.07, 6.45) is 10.8. The van der Waals surface area contributed by atoms with Crippen molar-refractivity contribution >= 4 is 0 Å². The van der Waals surface area contributed by atoms with Crippen LogP contribution >= 0.6 is 0 Å². The lowest BCUT2D eigenvalue weighted by Gasteiger charge is -2.26. The normalized spacial score (nSPS) is 37.3. The SMILES string of the molecule is CCCCC[C@H](O)/C=C/C12CC(O)CC1CCN2. The van der Waals surface area contributed by atoms with Crippen LogP contribution in [-0.4, -0.2) is 34.5 Å². The Bertz CT molecular complexity index is 292. The summed E-state index contributed by atoms with van der Waals surface area (Å²) in [4.78, 5) is 0. The van der Waals surface area contributed by atoms with Crippen LogP contribution in [-0.2, 0) is 0 Å². The Labute approximate surface area is 110 Å². The molecule has 1 saturated heterocycles. The monoisotopic (exact) mass is 253 g/mol. The first kappa shape index (κ1) is 14.0. The van der Waals surface area contributed by atoms with Crippen LogP contribution in [0.2, 0.25) is 0 Å². The lowest BCUT2D eigenvalue weighted by atomic mass is 9.88. The van der Waals surface area contributed by atoms with Gasteiger partial charge in [-0.2, -0.15) is 0 Å². The molecule has 0 aromatic heterocycles. The average molecular weight is 253 g/mol. The Morgan fingerprint density at radius 1 is 1.44 bits per heavy atom. The van der Waals surface area contributed by atoms with Crippen molar-refractivity contribution in [2.24, 2.45) is 5.92 Å². The number of nitrogens with one attached hydrogen (secondary N) is 1. The molecule has 0 radical (unpaired) electrons. The highest BCUT2D eigenvalue weighted by Gasteiger charge is 2.47. The van der Waals surface area contributed by atoms with Crippen LogP contribution in [0.25, 0.3) is 0 Å². The molecular formula is C15H27NO2. The van der Waals surface area contributed by atoms with Gasteiger partial charge in [0, 0.05) is 5.54 Å². The molecule has 0 aromatic rings. The molecule has 1 aliphatic heterocycles. The second-order valence-electron chi connectivity index (χ2n) is 5.97. The molecule has 0 spiro atoms. The zero-order valence-electron chi connectivity index (χ0n) is 11.4. The number of rotatable bonds is 6. The molecule has 1 aliphatic carbocycles. The van der Waals surface area contributed by atoms with Crippen LogP contribution in [0.3, 0.4) is 0 Å². The van der Waals surface area contributed by atoms with Gasteiger partial charge in [0.15, 0.2) is 0 Å². The number of aliphatic hydroxyl groups excluding tert-OH is 2. The minimum atomic E-state index is -0.327. The molecule has 0 bridgehead atoms. The Hall–Kier alpha value is -0.380. The minimum absolute atomic E-state index is 0.0366. The highest BCUT2D eigenvalue weighted by Crippen LogP contribution is 2.42. The molecule has 2 rings (SSSR count). The molecule has 0 amide bonds. The zero-order valence-corrected chi connectivity index (χ0v) is 11.4. The average Bonchev–Trinajstić information content (AvgIpc) is 2.83. The van der Waals surface area contributed by atoms with Crippen LogP contribution in [0.5, 0.6) is 0 Å². The van der Waals surface area contributed by atoms with Gasteiger partial charge in [-0.05, 0) is 38.1 Å². The zero-order chi connectivity index (χ0) is 13.0. The quantitative estimate of drug-likeness (QED) is 0.501. The van der Waals surface area contributed by atoms with Crippen molar-refractivity contribution in [2.75, 3.05) is 6.54 Å². The van der Waals surface area contributed by atoms with Crippen molar-refractivity contribution in [3.63, 3.8) is 0 Å². The number of hydrogen-bond acceptors (Lipinski definition) is 3.